The predicted molar refractivity (Wildman–Crippen MR) is 68.6 cm³/mol. The lowest BCUT2D eigenvalue weighted by Gasteiger charge is -2.08. The van der Waals surface area contributed by atoms with Gasteiger partial charge in [-0.25, -0.2) is 8.42 Å². The summed E-state index contributed by atoms with van der Waals surface area (Å²) in [7, 11) is -3.15. The summed E-state index contributed by atoms with van der Waals surface area (Å²) in [5, 5.41) is 25.4. The van der Waals surface area contributed by atoms with Crippen molar-refractivity contribution in [2.45, 2.75) is 25.2 Å². The van der Waals surface area contributed by atoms with Crippen molar-refractivity contribution in [2.24, 2.45) is 0 Å². The zero-order chi connectivity index (χ0) is 14.5. The van der Waals surface area contributed by atoms with Crippen molar-refractivity contribution < 1.29 is 23.4 Å². The fourth-order valence-corrected chi connectivity index (χ4v) is 2.72. The van der Waals surface area contributed by atoms with E-state index >= 15 is 0 Å². The van der Waals surface area contributed by atoms with Crippen LogP contribution in [0.1, 0.15) is 12.7 Å². The number of aliphatic hydroxyl groups excluding tert-OH is 1. The third kappa shape index (κ3) is 4.80. The highest BCUT2D eigenvalue weighted by Crippen LogP contribution is 2.17. The van der Waals surface area contributed by atoms with Gasteiger partial charge in [0.15, 0.2) is 20.8 Å². The zero-order valence-electron chi connectivity index (χ0n) is 10.3. The molecule has 1 aromatic heterocycles. The lowest BCUT2D eigenvalue weighted by Crippen LogP contribution is -2.17. The van der Waals surface area contributed by atoms with Crippen molar-refractivity contribution in [3.8, 4) is 0 Å². The topological polar surface area (TPSA) is 122 Å². The van der Waals surface area contributed by atoms with Crippen LogP contribution in [0.15, 0.2) is 5.16 Å². The molecule has 10 heteroatoms. The summed E-state index contributed by atoms with van der Waals surface area (Å²) < 4.78 is 24.3. The first-order chi connectivity index (χ1) is 8.89. The molecule has 19 heavy (non-hydrogen) atoms. The maximum atomic E-state index is 11.5. The van der Waals surface area contributed by atoms with Crippen molar-refractivity contribution in [3.05, 3.63) is 5.82 Å². The van der Waals surface area contributed by atoms with E-state index in [9.17, 15) is 13.2 Å². The van der Waals surface area contributed by atoms with E-state index < -0.39 is 15.8 Å². The number of aliphatic hydroxyl groups is 1. The smallest absolute Gasteiger partial charge is 0.313 e. The number of carbonyl (C=O) groups is 1. The van der Waals surface area contributed by atoms with E-state index in [2.05, 4.69) is 10.2 Å². The second-order valence-corrected chi connectivity index (χ2v) is 7.04. The van der Waals surface area contributed by atoms with Crippen molar-refractivity contribution in [3.63, 3.8) is 0 Å². The molecule has 8 nitrogen and oxygen atoms in total. The second kappa shape index (κ2) is 6.87. The van der Waals surface area contributed by atoms with E-state index in [0.717, 1.165) is 11.8 Å². The van der Waals surface area contributed by atoms with Gasteiger partial charge in [0.25, 0.3) is 0 Å². The molecule has 0 spiro atoms. The van der Waals surface area contributed by atoms with Gasteiger partial charge in [-0.05, 0) is 0 Å². The van der Waals surface area contributed by atoms with Gasteiger partial charge in [0.1, 0.15) is 6.61 Å². The summed E-state index contributed by atoms with van der Waals surface area (Å²) in [4.78, 5) is 10.5. The Hall–Kier alpha value is -1.13. The molecule has 0 saturated carbocycles. The number of carboxylic acids is 1. The number of aromatic nitrogens is 3. The van der Waals surface area contributed by atoms with Gasteiger partial charge >= 0.3 is 5.97 Å². The fourth-order valence-electron chi connectivity index (χ4n) is 1.27. The van der Waals surface area contributed by atoms with Crippen molar-refractivity contribution in [2.75, 3.05) is 17.3 Å². The van der Waals surface area contributed by atoms with E-state index in [1.54, 1.807) is 6.92 Å². The largest absolute Gasteiger partial charge is 0.481 e. The maximum Gasteiger partial charge on any atom is 0.313 e. The van der Waals surface area contributed by atoms with E-state index in [4.69, 9.17) is 10.2 Å². The van der Waals surface area contributed by atoms with Crippen molar-refractivity contribution >= 4 is 27.6 Å². The highest BCUT2D eigenvalue weighted by molar-refractivity contribution is 7.99. The Morgan fingerprint density at radius 3 is 2.63 bits per heavy atom. The predicted octanol–water partition coefficient (Wildman–Crippen LogP) is -0.618. The van der Waals surface area contributed by atoms with Crippen LogP contribution in [0.3, 0.4) is 0 Å². The minimum Gasteiger partial charge on any atom is -0.481 e. The van der Waals surface area contributed by atoms with E-state index in [1.807, 2.05) is 0 Å². The summed E-state index contributed by atoms with van der Waals surface area (Å²) in [6, 6.07) is 0. The summed E-state index contributed by atoms with van der Waals surface area (Å²) in [6.45, 7) is 1.27. The van der Waals surface area contributed by atoms with E-state index in [-0.39, 0.29) is 41.4 Å². The van der Waals surface area contributed by atoms with Gasteiger partial charge < -0.3 is 14.8 Å². The Bertz CT molecular complexity index is 540. The standard InChI is InChI=1S/C9H15N3O5S2/c1-2-19(16,17)4-3-12-7(5-13)10-11-9(12)18-6-8(14)15/h13H,2-6H2,1H3,(H,14,15). The molecule has 0 bridgehead atoms. The summed E-state index contributed by atoms with van der Waals surface area (Å²) >= 11 is 0.933. The van der Waals surface area contributed by atoms with Crippen LogP contribution in [-0.2, 0) is 27.8 Å². The number of aliphatic carboxylic acids is 1. The molecule has 1 rings (SSSR count). The number of thioether (sulfide) groups is 1. The summed E-state index contributed by atoms with van der Waals surface area (Å²) in [5.74, 6) is -1.06. The Morgan fingerprint density at radius 1 is 1.42 bits per heavy atom. The van der Waals surface area contributed by atoms with Gasteiger partial charge in [-0.2, -0.15) is 0 Å². The minimum absolute atomic E-state index is 0.0290. The Balaban J connectivity index is 2.84. The summed E-state index contributed by atoms with van der Waals surface area (Å²) in [5.41, 5.74) is 0. The minimum atomic E-state index is -3.15. The van der Waals surface area contributed by atoms with Crippen molar-refractivity contribution in [1.82, 2.24) is 14.8 Å². The van der Waals surface area contributed by atoms with Gasteiger partial charge in [0.05, 0.1) is 11.5 Å². The van der Waals surface area contributed by atoms with Gasteiger partial charge in [-0.3, -0.25) is 4.79 Å². The molecule has 0 saturated heterocycles. The second-order valence-electron chi connectivity index (χ2n) is 3.63. The SMILES string of the molecule is CCS(=O)(=O)CCn1c(CO)nnc1SCC(=O)O. The molecule has 0 aliphatic carbocycles. The average molecular weight is 309 g/mol. The molecular formula is C9H15N3O5S2. The molecular weight excluding hydrogens is 294 g/mol. The number of hydrogen-bond acceptors (Lipinski definition) is 7. The molecule has 0 aromatic carbocycles. The number of hydrogen-bond donors (Lipinski definition) is 2. The first kappa shape index (κ1) is 15.9. The Labute approximate surface area is 114 Å². The van der Waals surface area contributed by atoms with Gasteiger partial charge in [0.2, 0.25) is 0 Å². The van der Waals surface area contributed by atoms with Crippen LogP contribution >= 0.6 is 11.8 Å². The molecule has 1 aromatic rings. The van der Waals surface area contributed by atoms with Crippen LogP contribution < -0.4 is 0 Å². The molecule has 0 radical (unpaired) electrons. The zero-order valence-corrected chi connectivity index (χ0v) is 11.9. The number of carboxylic acid groups (broad SMARTS) is 1. The van der Waals surface area contributed by atoms with Gasteiger partial charge in [-0.15, -0.1) is 10.2 Å². The first-order valence-corrected chi connectivity index (χ1v) is 8.28. The summed E-state index contributed by atoms with van der Waals surface area (Å²) in [6.07, 6.45) is 0. The number of sulfone groups is 1. The molecule has 2 N–H and O–H groups in total. The average Bonchev–Trinajstić information content (AvgIpc) is 2.76. The number of nitrogens with zero attached hydrogens (tertiary/aromatic N) is 3. The van der Waals surface area contributed by atoms with Crippen LogP contribution in [0.4, 0.5) is 0 Å². The molecule has 0 fully saturated rings. The van der Waals surface area contributed by atoms with Crippen LogP contribution in [-0.4, -0.2) is 56.6 Å². The Kier molecular flexibility index (Phi) is 5.76. The maximum absolute atomic E-state index is 11.5. The molecule has 0 atom stereocenters. The van der Waals surface area contributed by atoms with E-state index in [0.29, 0.717) is 0 Å². The van der Waals surface area contributed by atoms with Gasteiger partial charge in [0, 0.05) is 12.3 Å². The molecule has 0 aliphatic rings. The third-order valence-corrected chi connectivity index (χ3v) is 4.96. The van der Waals surface area contributed by atoms with Gasteiger partial charge in [-0.1, -0.05) is 18.7 Å². The first-order valence-electron chi connectivity index (χ1n) is 5.47. The molecule has 0 aliphatic heterocycles. The van der Waals surface area contributed by atoms with Crippen LogP contribution in [0.2, 0.25) is 0 Å². The van der Waals surface area contributed by atoms with E-state index in [1.165, 1.54) is 4.57 Å². The molecule has 0 amide bonds. The quantitative estimate of drug-likeness (QED) is 0.609. The lowest BCUT2D eigenvalue weighted by atomic mass is 10.6. The lowest BCUT2D eigenvalue weighted by molar-refractivity contribution is -0.133. The highest BCUT2D eigenvalue weighted by Gasteiger charge is 2.16. The van der Waals surface area contributed by atoms with Crippen LogP contribution in [0, 0.1) is 0 Å². The molecule has 108 valence electrons. The molecule has 1 heterocycles. The number of rotatable bonds is 8. The van der Waals surface area contributed by atoms with Crippen LogP contribution in [0.5, 0.6) is 0 Å². The third-order valence-electron chi connectivity index (χ3n) is 2.33. The van der Waals surface area contributed by atoms with Crippen molar-refractivity contribution in [1.29, 1.82) is 0 Å². The molecule has 0 unspecified atom stereocenters. The normalized spacial score (nSPS) is 11.7. The Morgan fingerprint density at radius 2 is 2.11 bits per heavy atom. The monoisotopic (exact) mass is 309 g/mol. The van der Waals surface area contributed by atoms with Crippen LogP contribution in [0.25, 0.3) is 0 Å². The highest BCUT2D eigenvalue weighted by atomic mass is 32.2. The fraction of sp³-hybridized carbons (Fsp3) is 0.667.